The van der Waals surface area contributed by atoms with Gasteiger partial charge in [0.1, 0.15) is 0 Å². The van der Waals surface area contributed by atoms with Crippen molar-refractivity contribution < 1.29 is 13.3 Å². The van der Waals surface area contributed by atoms with Gasteiger partial charge in [-0.2, -0.15) is 0 Å². The Morgan fingerprint density at radius 3 is 2.63 bits per heavy atom. The van der Waals surface area contributed by atoms with Gasteiger partial charge in [-0.05, 0) is 43.0 Å². The second-order valence-corrected chi connectivity index (χ2v) is 8.02. The minimum Gasteiger partial charge on any atom is -0.258 e. The van der Waals surface area contributed by atoms with Gasteiger partial charge in [0, 0.05) is 30.3 Å². The molecule has 0 atom stereocenters. The van der Waals surface area contributed by atoms with Crippen molar-refractivity contribution in [2.24, 2.45) is 0 Å². The van der Waals surface area contributed by atoms with Crippen LogP contribution in [0.5, 0.6) is 0 Å². The molecule has 1 aromatic heterocycles. The molecule has 0 aliphatic carbocycles. The number of pyridine rings is 1. The molecule has 27 heavy (non-hydrogen) atoms. The second-order valence-electron chi connectivity index (χ2n) is 6.28. The van der Waals surface area contributed by atoms with E-state index in [1.54, 1.807) is 20.0 Å². The van der Waals surface area contributed by atoms with Crippen LogP contribution in [0.25, 0.3) is 10.9 Å². The van der Waals surface area contributed by atoms with E-state index in [9.17, 15) is 18.5 Å². The maximum Gasteiger partial charge on any atom is 0.271 e. The number of rotatable bonds is 6. The Bertz CT molecular complexity index is 1120. The zero-order valence-corrected chi connectivity index (χ0v) is 15.8. The summed E-state index contributed by atoms with van der Waals surface area (Å²) in [7, 11) is -3.87. The van der Waals surface area contributed by atoms with Gasteiger partial charge in [0.05, 0.1) is 15.3 Å². The Labute approximate surface area is 157 Å². The number of hydrogen-bond acceptors (Lipinski definition) is 5. The maximum absolute atomic E-state index is 12.7. The Morgan fingerprint density at radius 1 is 1.15 bits per heavy atom. The van der Waals surface area contributed by atoms with Gasteiger partial charge in [0.2, 0.25) is 10.0 Å². The molecule has 7 nitrogen and oxygen atoms in total. The van der Waals surface area contributed by atoms with E-state index in [2.05, 4.69) is 9.71 Å². The molecule has 8 heteroatoms. The maximum atomic E-state index is 12.7. The number of aryl methyl sites for hydroxylation is 1. The van der Waals surface area contributed by atoms with Crippen LogP contribution in [0.15, 0.2) is 53.6 Å². The molecule has 0 unspecified atom stereocenters. The van der Waals surface area contributed by atoms with Gasteiger partial charge in [-0.3, -0.25) is 15.1 Å². The number of benzene rings is 2. The molecule has 1 heterocycles. The van der Waals surface area contributed by atoms with Gasteiger partial charge in [0.15, 0.2) is 0 Å². The molecule has 0 amide bonds. The Kier molecular flexibility index (Phi) is 5.20. The molecule has 0 saturated heterocycles. The molecular weight excluding hydrogens is 366 g/mol. The Hall–Kier alpha value is -2.84. The molecule has 0 bridgehead atoms. The summed E-state index contributed by atoms with van der Waals surface area (Å²) < 4.78 is 27.9. The van der Waals surface area contributed by atoms with Crippen LogP contribution in [0, 0.1) is 24.0 Å². The molecule has 0 aliphatic heterocycles. The molecule has 0 fully saturated rings. The predicted molar refractivity (Wildman–Crippen MR) is 103 cm³/mol. The summed E-state index contributed by atoms with van der Waals surface area (Å²) in [5.74, 6) is 0. The number of non-ortho nitro benzene ring substituents is 1. The van der Waals surface area contributed by atoms with E-state index in [4.69, 9.17) is 0 Å². The van der Waals surface area contributed by atoms with Gasteiger partial charge in [-0.1, -0.05) is 24.3 Å². The van der Waals surface area contributed by atoms with Crippen LogP contribution in [0.1, 0.15) is 16.7 Å². The molecular formula is C19H19N3O4S. The van der Waals surface area contributed by atoms with E-state index in [0.717, 1.165) is 22.5 Å². The number of hydrogen-bond donors (Lipinski definition) is 1. The topological polar surface area (TPSA) is 102 Å². The lowest BCUT2D eigenvalue weighted by Crippen LogP contribution is -2.27. The van der Waals surface area contributed by atoms with E-state index in [-0.39, 0.29) is 17.1 Å². The van der Waals surface area contributed by atoms with Crippen LogP contribution in [0.3, 0.4) is 0 Å². The lowest BCUT2D eigenvalue weighted by atomic mass is 10.1. The van der Waals surface area contributed by atoms with Crippen LogP contribution < -0.4 is 4.72 Å². The first-order chi connectivity index (χ1) is 12.8. The average molecular weight is 385 g/mol. The number of nitro benzene ring substituents is 1. The van der Waals surface area contributed by atoms with Crippen molar-refractivity contribution in [2.75, 3.05) is 6.54 Å². The van der Waals surface area contributed by atoms with Gasteiger partial charge in [0.25, 0.3) is 5.69 Å². The van der Waals surface area contributed by atoms with E-state index < -0.39 is 14.9 Å². The average Bonchev–Trinajstić information content (AvgIpc) is 2.63. The van der Waals surface area contributed by atoms with Crippen molar-refractivity contribution in [1.82, 2.24) is 9.71 Å². The third-order valence-corrected chi connectivity index (χ3v) is 6.09. The summed E-state index contributed by atoms with van der Waals surface area (Å²) in [6.07, 6.45) is 2.16. The predicted octanol–water partition coefficient (Wildman–Crippen LogP) is 3.28. The molecule has 2 aromatic carbocycles. The number of nitrogens with zero attached hydrogens (tertiary/aromatic N) is 2. The van der Waals surface area contributed by atoms with Crippen LogP contribution in [-0.2, 0) is 16.4 Å². The molecule has 3 aromatic rings. The third-order valence-electron chi connectivity index (χ3n) is 4.51. The first kappa shape index (κ1) is 18.9. The summed E-state index contributed by atoms with van der Waals surface area (Å²) in [5, 5.41) is 12.0. The van der Waals surface area contributed by atoms with Crippen molar-refractivity contribution in [1.29, 1.82) is 0 Å². The van der Waals surface area contributed by atoms with Crippen molar-refractivity contribution in [3.8, 4) is 0 Å². The molecule has 3 rings (SSSR count). The van der Waals surface area contributed by atoms with E-state index >= 15 is 0 Å². The van der Waals surface area contributed by atoms with E-state index in [1.165, 1.54) is 6.07 Å². The molecule has 0 spiro atoms. The minimum absolute atomic E-state index is 0.0646. The lowest BCUT2D eigenvalue weighted by molar-refractivity contribution is -0.385. The fourth-order valence-electron chi connectivity index (χ4n) is 2.96. The minimum atomic E-state index is -3.87. The standard InChI is InChI=1S/C19H19N3O4S/c1-13-11-17(22(23)24)12-18(14(13)2)27(25,26)21-10-8-16-6-3-5-15-7-4-9-20-19(15)16/h3-7,9,11-12,21H,8,10H2,1-2H3. The van der Waals surface area contributed by atoms with Crippen molar-refractivity contribution >= 4 is 26.6 Å². The Morgan fingerprint density at radius 2 is 1.89 bits per heavy atom. The van der Waals surface area contributed by atoms with Crippen molar-refractivity contribution in [3.05, 3.63) is 75.5 Å². The summed E-state index contributed by atoms with van der Waals surface area (Å²) in [6, 6.07) is 12.0. The van der Waals surface area contributed by atoms with Crippen molar-refractivity contribution in [3.63, 3.8) is 0 Å². The van der Waals surface area contributed by atoms with E-state index in [0.29, 0.717) is 17.5 Å². The third kappa shape index (κ3) is 3.96. The highest BCUT2D eigenvalue weighted by Gasteiger charge is 2.22. The molecule has 0 radical (unpaired) electrons. The second kappa shape index (κ2) is 7.42. The quantitative estimate of drug-likeness (QED) is 0.518. The number of para-hydroxylation sites is 1. The number of fused-ring (bicyclic) bond motifs is 1. The number of nitro groups is 1. The van der Waals surface area contributed by atoms with Gasteiger partial charge in [-0.15, -0.1) is 0 Å². The SMILES string of the molecule is Cc1cc([N+](=O)[O-])cc(S(=O)(=O)NCCc2cccc3cccnc23)c1C. The lowest BCUT2D eigenvalue weighted by Gasteiger charge is -2.12. The number of nitrogens with one attached hydrogen (secondary N) is 1. The van der Waals surface area contributed by atoms with Crippen molar-refractivity contribution in [2.45, 2.75) is 25.2 Å². The summed E-state index contributed by atoms with van der Waals surface area (Å²) in [5.41, 5.74) is 2.59. The van der Waals surface area contributed by atoms with Crippen LogP contribution in [0.4, 0.5) is 5.69 Å². The molecule has 0 saturated carbocycles. The zero-order chi connectivity index (χ0) is 19.6. The highest BCUT2D eigenvalue weighted by atomic mass is 32.2. The molecule has 0 aliphatic rings. The number of sulfonamides is 1. The smallest absolute Gasteiger partial charge is 0.258 e. The highest BCUT2D eigenvalue weighted by Crippen LogP contribution is 2.25. The first-order valence-electron chi connectivity index (χ1n) is 8.37. The van der Waals surface area contributed by atoms with Gasteiger partial charge in [-0.25, -0.2) is 13.1 Å². The highest BCUT2D eigenvalue weighted by molar-refractivity contribution is 7.89. The fourth-order valence-corrected chi connectivity index (χ4v) is 4.33. The fraction of sp³-hybridized carbons (Fsp3) is 0.211. The first-order valence-corrected chi connectivity index (χ1v) is 9.86. The number of aromatic nitrogens is 1. The van der Waals surface area contributed by atoms with Crippen LogP contribution >= 0.6 is 0 Å². The summed E-state index contributed by atoms with van der Waals surface area (Å²) >= 11 is 0. The van der Waals surface area contributed by atoms with E-state index in [1.807, 2.05) is 30.3 Å². The van der Waals surface area contributed by atoms with Crippen LogP contribution in [-0.4, -0.2) is 24.9 Å². The van der Waals surface area contributed by atoms with Gasteiger partial charge >= 0.3 is 0 Å². The molecule has 1 N–H and O–H groups in total. The summed E-state index contributed by atoms with van der Waals surface area (Å²) in [4.78, 5) is 14.8. The normalized spacial score (nSPS) is 11.6. The monoisotopic (exact) mass is 385 g/mol. The van der Waals surface area contributed by atoms with Gasteiger partial charge < -0.3 is 0 Å². The molecule has 140 valence electrons. The zero-order valence-electron chi connectivity index (χ0n) is 15.0. The summed E-state index contributed by atoms with van der Waals surface area (Å²) in [6.45, 7) is 3.46. The Balaban J connectivity index is 1.82. The van der Waals surface area contributed by atoms with Crippen LogP contribution in [0.2, 0.25) is 0 Å². The largest absolute Gasteiger partial charge is 0.271 e.